The number of carbonyl (C=O) groups is 1. The van der Waals surface area contributed by atoms with Gasteiger partial charge in [-0.1, -0.05) is 54.1 Å². The van der Waals surface area contributed by atoms with Crippen molar-refractivity contribution in [1.29, 1.82) is 5.26 Å². The number of anilines is 2. The molecule has 0 fully saturated rings. The molecule has 0 bridgehead atoms. The van der Waals surface area contributed by atoms with E-state index in [0.29, 0.717) is 10.7 Å². The van der Waals surface area contributed by atoms with Crippen LogP contribution in [0.4, 0.5) is 11.4 Å². The van der Waals surface area contributed by atoms with E-state index in [9.17, 15) is 10.1 Å². The van der Waals surface area contributed by atoms with Crippen molar-refractivity contribution in [3.8, 4) is 6.07 Å². The van der Waals surface area contributed by atoms with E-state index in [4.69, 9.17) is 11.6 Å². The van der Waals surface area contributed by atoms with Gasteiger partial charge in [-0.05, 0) is 35.0 Å². The molecule has 0 aliphatic heterocycles. The molecular weight excluding hydrogens is 334 g/mol. The molecular formula is C20H14ClN3O. The fraction of sp³-hybridized carbons (Fsp3) is 0. The van der Waals surface area contributed by atoms with Gasteiger partial charge < -0.3 is 10.6 Å². The average molecular weight is 348 g/mol. The Morgan fingerprint density at radius 3 is 2.48 bits per heavy atom. The highest BCUT2D eigenvalue weighted by atomic mass is 35.5. The quantitative estimate of drug-likeness (QED) is 0.518. The Balaban J connectivity index is 1.76. The molecule has 3 aromatic rings. The van der Waals surface area contributed by atoms with Crippen LogP contribution >= 0.6 is 11.6 Å². The molecule has 0 spiro atoms. The summed E-state index contributed by atoms with van der Waals surface area (Å²) in [4.78, 5) is 12.2. The van der Waals surface area contributed by atoms with Gasteiger partial charge in [0.25, 0.3) is 5.91 Å². The number of para-hydroxylation sites is 1. The molecule has 25 heavy (non-hydrogen) atoms. The van der Waals surface area contributed by atoms with Crippen LogP contribution in [0.3, 0.4) is 0 Å². The SMILES string of the molecule is N#C/C(=C/Nc1ccc2ccccc2c1)C(=O)Nc1ccccc1Cl. The van der Waals surface area contributed by atoms with Gasteiger partial charge in [0, 0.05) is 11.9 Å². The van der Waals surface area contributed by atoms with Gasteiger partial charge in [0.15, 0.2) is 0 Å². The summed E-state index contributed by atoms with van der Waals surface area (Å²) in [5.74, 6) is -0.524. The molecule has 122 valence electrons. The van der Waals surface area contributed by atoms with E-state index in [1.165, 1.54) is 6.20 Å². The number of benzene rings is 3. The summed E-state index contributed by atoms with van der Waals surface area (Å²) in [5, 5.41) is 17.5. The first kappa shape index (κ1) is 16.6. The maximum atomic E-state index is 12.2. The molecule has 2 N–H and O–H groups in total. The van der Waals surface area contributed by atoms with Crippen LogP contribution in [-0.4, -0.2) is 5.91 Å². The predicted octanol–water partition coefficient (Wildman–Crippen LogP) is 4.95. The van der Waals surface area contributed by atoms with Crippen LogP contribution in [-0.2, 0) is 4.79 Å². The van der Waals surface area contributed by atoms with E-state index in [1.54, 1.807) is 24.3 Å². The zero-order valence-electron chi connectivity index (χ0n) is 13.2. The number of amides is 1. The molecule has 0 aliphatic rings. The van der Waals surface area contributed by atoms with Gasteiger partial charge in [-0.2, -0.15) is 5.26 Å². The Hall–Kier alpha value is -3.29. The number of nitrogens with one attached hydrogen (secondary N) is 2. The second kappa shape index (κ2) is 7.52. The zero-order valence-corrected chi connectivity index (χ0v) is 13.9. The molecule has 0 saturated heterocycles. The van der Waals surface area contributed by atoms with Crippen molar-refractivity contribution in [2.45, 2.75) is 0 Å². The number of fused-ring (bicyclic) bond motifs is 1. The number of hydrogen-bond acceptors (Lipinski definition) is 3. The van der Waals surface area contributed by atoms with Crippen molar-refractivity contribution in [2.24, 2.45) is 0 Å². The molecule has 3 rings (SSSR count). The Labute approximate surface area is 150 Å². The van der Waals surface area contributed by atoms with Crippen LogP contribution < -0.4 is 10.6 Å². The zero-order chi connectivity index (χ0) is 17.6. The lowest BCUT2D eigenvalue weighted by atomic mass is 10.1. The van der Waals surface area contributed by atoms with Crippen LogP contribution in [0.2, 0.25) is 5.02 Å². The van der Waals surface area contributed by atoms with Crippen LogP contribution in [0, 0.1) is 11.3 Å². The summed E-state index contributed by atoms with van der Waals surface area (Å²) >= 11 is 6.01. The van der Waals surface area contributed by atoms with Crippen LogP contribution in [0.1, 0.15) is 0 Å². The monoisotopic (exact) mass is 347 g/mol. The van der Waals surface area contributed by atoms with Gasteiger partial charge in [-0.25, -0.2) is 0 Å². The fourth-order valence-electron chi connectivity index (χ4n) is 2.34. The van der Waals surface area contributed by atoms with E-state index >= 15 is 0 Å². The van der Waals surface area contributed by atoms with Crippen molar-refractivity contribution >= 4 is 39.7 Å². The topological polar surface area (TPSA) is 64.9 Å². The second-order valence-electron chi connectivity index (χ2n) is 5.31. The number of rotatable bonds is 4. The largest absolute Gasteiger partial charge is 0.360 e. The highest BCUT2D eigenvalue weighted by Crippen LogP contribution is 2.21. The van der Waals surface area contributed by atoms with Crippen molar-refractivity contribution in [3.63, 3.8) is 0 Å². The normalized spacial score (nSPS) is 11.0. The van der Waals surface area contributed by atoms with Gasteiger partial charge in [0.2, 0.25) is 0 Å². The van der Waals surface area contributed by atoms with Crippen molar-refractivity contribution in [3.05, 3.63) is 83.5 Å². The molecule has 0 aliphatic carbocycles. The number of nitriles is 1. The minimum Gasteiger partial charge on any atom is -0.360 e. The number of nitrogens with zero attached hydrogens (tertiary/aromatic N) is 1. The lowest BCUT2D eigenvalue weighted by Crippen LogP contribution is -2.14. The lowest BCUT2D eigenvalue weighted by Gasteiger charge is -2.07. The number of halogens is 1. The van der Waals surface area contributed by atoms with Crippen molar-refractivity contribution in [1.82, 2.24) is 0 Å². The van der Waals surface area contributed by atoms with E-state index < -0.39 is 5.91 Å². The van der Waals surface area contributed by atoms with E-state index in [1.807, 2.05) is 48.5 Å². The fourth-order valence-corrected chi connectivity index (χ4v) is 2.52. The summed E-state index contributed by atoms with van der Waals surface area (Å²) in [7, 11) is 0. The minimum atomic E-state index is -0.524. The summed E-state index contributed by atoms with van der Waals surface area (Å²) in [6, 6.07) is 22.5. The molecule has 0 saturated carbocycles. The smallest absolute Gasteiger partial charge is 0.267 e. The third-order valence-electron chi connectivity index (χ3n) is 3.62. The van der Waals surface area contributed by atoms with Gasteiger partial charge in [-0.15, -0.1) is 0 Å². The third-order valence-corrected chi connectivity index (χ3v) is 3.95. The van der Waals surface area contributed by atoms with Gasteiger partial charge in [0.1, 0.15) is 11.6 Å². The first-order valence-electron chi connectivity index (χ1n) is 7.59. The van der Waals surface area contributed by atoms with Crippen LogP contribution in [0.25, 0.3) is 10.8 Å². The minimum absolute atomic E-state index is 0.0481. The molecule has 3 aromatic carbocycles. The molecule has 0 atom stereocenters. The highest BCUT2D eigenvalue weighted by molar-refractivity contribution is 6.34. The van der Waals surface area contributed by atoms with Gasteiger partial charge in [-0.3, -0.25) is 4.79 Å². The lowest BCUT2D eigenvalue weighted by molar-refractivity contribution is -0.112. The molecule has 0 radical (unpaired) electrons. The summed E-state index contributed by atoms with van der Waals surface area (Å²) < 4.78 is 0. The molecule has 0 aromatic heterocycles. The maximum absolute atomic E-state index is 12.2. The second-order valence-corrected chi connectivity index (χ2v) is 5.72. The Morgan fingerprint density at radius 1 is 1.00 bits per heavy atom. The molecule has 5 heteroatoms. The van der Waals surface area contributed by atoms with E-state index in [-0.39, 0.29) is 5.57 Å². The van der Waals surface area contributed by atoms with E-state index in [0.717, 1.165) is 16.5 Å². The summed E-state index contributed by atoms with van der Waals surface area (Å²) in [5.41, 5.74) is 1.20. The summed E-state index contributed by atoms with van der Waals surface area (Å²) in [6.07, 6.45) is 1.39. The highest BCUT2D eigenvalue weighted by Gasteiger charge is 2.10. The van der Waals surface area contributed by atoms with Crippen LogP contribution in [0.5, 0.6) is 0 Å². The number of carbonyl (C=O) groups excluding carboxylic acids is 1. The Morgan fingerprint density at radius 2 is 1.72 bits per heavy atom. The predicted molar refractivity (Wildman–Crippen MR) is 101 cm³/mol. The standard InChI is InChI=1S/C20H14ClN3O/c21-18-7-3-4-8-19(18)24-20(25)16(12-22)13-23-17-10-9-14-5-1-2-6-15(14)11-17/h1-11,13,23H,(H,24,25)/b16-13-. The van der Waals surface area contributed by atoms with E-state index in [2.05, 4.69) is 10.6 Å². The van der Waals surface area contributed by atoms with Crippen molar-refractivity contribution < 1.29 is 4.79 Å². The molecule has 4 nitrogen and oxygen atoms in total. The average Bonchev–Trinajstić information content (AvgIpc) is 2.64. The number of hydrogen-bond donors (Lipinski definition) is 2. The van der Waals surface area contributed by atoms with Gasteiger partial charge >= 0.3 is 0 Å². The van der Waals surface area contributed by atoms with Crippen LogP contribution in [0.15, 0.2) is 78.5 Å². The third kappa shape index (κ3) is 3.97. The first-order valence-corrected chi connectivity index (χ1v) is 7.96. The Bertz CT molecular complexity index is 1000. The summed E-state index contributed by atoms with van der Waals surface area (Å²) in [6.45, 7) is 0. The molecule has 0 unspecified atom stereocenters. The van der Waals surface area contributed by atoms with Gasteiger partial charge in [0.05, 0.1) is 10.7 Å². The molecule has 0 heterocycles. The van der Waals surface area contributed by atoms with Crippen molar-refractivity contribution in [2.75, 3.05) is 10.6 Å². The molecule has 1 amide bonds. The first-order chi connectivity index (χ1) is 12.2. The maximum Gasteiger partial charge on any atom is 0.267 e. The Kier molecular flexibility index (Phi) is 4.98.